The van der Waals surface area contributed by atoms with E-state index in [4.69, 9.17) is 27.9 Å². The van der Waals surface area contributed by atoms with Crippen molar-refractivity contribution >= 4 is 40.6 Å². The molecular weight excluding hydrogens is 437 g/mol. The Morgan fingerprint density at radius 3 is 2.29 bits per heavy atom. The molecule has 1 aliphatic heterocycles. The Kier molecular flexibility index (Phi) is 6.70. The van der Waals surface area contributed by atoms with Crippen molar-refractivity contribution < 1.29 is 19.4 Å². The van der Waals surface area contributed by atoms with Crippen LogP contribution in [0.2, 0.25) is 10.0 Å². The molecule has 1 unspecified atom stereocenters. The zero-order valence-electron chi connectivity index (χ0n) is 18.2. The molecule has 7 heteroatoms. The van der Waals surface area contributed by atoms with Gasteiger partial charge in [0.05, 0.1) is 17.3 Å². The highest BCUT2D eigenvalue weighted by Gasteiger charge is 2.52. The maximum absolute atomic E-state index is 13.1. The number of aliphatic hydroxyl groups is 1. The Morgan fingerprint density at radius 1 is 1.10 bits per heavy atom. The van der Waals surface area contributed by atoms with E-state index in [1.165, 1.54) is 23.5 Å². The van der Waals surface area contributed by atoms with Crippen molar-refractivity contribution in [1.82, 2.24) is 0 Å². The lowest BCUT2D eigenvalue weighted by Gasteiger charge is -2.22. The number of nitrogens with zero attached hydrogens (tertiary/aromatic N) is 1. The first kappa shape index (κ1) is 23.6. The van der Waals surface area contributed by atoms with Crippen LogP contribution < -0.4 is 9.64 Å². The number of carbonyl (C=O) groups is 2. The number of amides is 1. The van der Waals surface area contributed by atoms with E-state index in [0.717, 1.165) is 5.75 Å². The molecule has 0 bridgehead atoms. The second-order valence-corrected chi connectivity index (χ2v) is 9.74. The minimum Gasteiger partial charge on any atom is -0.494 e. The fourth-order valence-corrected chi connectivity index (χ4v) is 4.40. The van der Waals surface area contributed by atoms with Gasteiger partial charge in [0.1, 0.15) is 11.5 Å². The summed E-state index contributed by atoms with van der Waals surface area (Å²) >= 11 is 12.6. The maximum atomic E-state index is 13.1. The standard InChI is InChI=1S/C24H27Cl2NO4/c1-15(28)14-24(30)20-18(25)10-11-19(26)21(20)27(22(24)29)12-5-13-31-17-8-6-16(7-9-17)23(2,3)4/h6-11,30H,5,12-14H2,1-4H3. The van der Waals surface area contributed by atoms with Gasteiger partial charge in [0, 0.05) is 23.6 Å². The summed E-state index contributed by atoms with van der Waals surface area (Å²) < 4.78 is 5.81. The normalized spacial score (nSPS) is 18.3. The number of hydrogen-bond acceptors (Lipinski definition) is 4. The Balaban J connectivity index is 1.72. The number of halogens is 2. The Morgan fingerprint density at radius 2 is 1.71 bits per heavy atom. The third-order valence-corrected chi connectivity index (χ3v) is 6.00. The lowest BCUT2D eigenvalue weighted by molar-refractivity contribution is -0.141. The highest BCUT2D eigenvalue weighted by Crippen LogP contribution is 2.49. The third-order valence-electron chi connectivity index (χ3n) is 5.38. The predicted octanol–water partition coefficient (Wildman–Crippen LogP) is 5.27. The van der Waals surface area contributed by atoms with Crippen LogP contribution in [0.15, 0.2) is 36.4 Å². The van der Waals surface area contributed by atoms with Crippen LogP contribution in [0.4, 0.5) is 5.69 Å². The second-order valence-electron chi connectivity index (χ2n) is 8.93. The Bertz CT molecular complexity index is 998. The van der Waals surface area contributed by atoms with Gasteiger partial charge in [-0.1, -0.05) is 56.1 Å². The van der Waals surface area contributed by atoms with E-state index in [2.05, 4.69) is 20.8 Å². The van der Waals surface area contributed by atoms with Crippen molar-refractivity contribution in [3.63, 3.8) is 0 Å². The molecular formula is C24H27Cl2NO4. The van der Waals surface area contributed by atoms with E-state index >= 15 is 0 Å². The van der Waals surface area contributed by atoms with Crippen LogP contribution in [-0.2, 0) is 20.6 Å². The summed E-state index contributed by atoms with van der Waals surface area (Å²) in [7, 11) is 0. The molecule has 0 aliphatic carbocycles. The topological polar surface area (TPSA) is 66.8 Å². The highest BCUT2D eigenvalue weighted by atomic mass is 35.5. The summed E-state index contributed by atoms with van der Waals surface area (Å²) in [4.78, 5) is 26.2. The van der Waals surface area contributed by atoms with Gasteiger partial charge in [0.15, 0.2) is 5.60 Å². The molecule has 5 nitrogen and oxygen atoms in total. The van der Waals surface area contributed by atoms with Gasteiger partial charge >= 0.3 is 0 Å². The largest absolute Gasteiger partial charge is 0.494 e. The van der Waals surface area contributed by atoms with Crippen LogP contribution in [0.1, 0.15) is 51.7 Å². The maximum Gasteiger partial charge on any atom is 0.264 e. The molecule has 1 N–H and O–H groups in total. The SMILES string of the molecule is CC(=O)CC1(O)C(=O)N(CCCOc2ccc(C(C)(C)C)cc2)c2c(Cl)ccc(Cl)c21. The number of carbonyl (C=O) groups excluding carboxylic acids is 2. The van der Waals surface area contributed by atoms with Crippen LogP contribution in [0, 0.1) is 0 Å². The molecule has 0 fully saturated rings. The average molecular weight is 464 g/mol. The number of Topliss-reactive ketones (excluding diaryl/α,β-unsaturated/α-hetero) is 1. The molecule has 1 aliphatic rings. The van der Waals surface area contributed by atoms with E-state index < -0.39 is 11.5 Å². The van der Waals surface area contributed by atoms with E-state index in [1.807, 2.05) is 24.3 Å². The first-order valence-corrected chi connectivity index (χ1v) is 11.0. The van der Waals surface area contributed by atoms with Crippen molar-refractivity contribution in [2.24, 2.45) is 0 Å². The molecule has 3 rings (SSSR count). The van der Waals surface area contributed by atoms with Gasteiger partial charge in [0.25, 0.3) is 5.91 Å². The smallest absolute Gasteiger partial charge is 0.264 e. The molecule has 0 saturated carbocycles. The molecule has 2 aromatic rings. The molecule has 166 valence electrons. The number of ether oxygens (including phenoxy) is 1. The fourth-order valence-electron chi connectivity index (χ4n) is 3.83. The minimum absolute atomic E-state index is 0.0687. The molecule has 0 radical (unpaired) electrons. The van der Waals surface area contributed by atoms with Crippen molar-refractivity contribution in [3.05, 3.63) is 57.6 Å². The van der Waals surface area contributed by atoms with Gasteiger partial charge in [-0.05, 0) is 48.6 Å². The second kappa shape index (κ2) is 8.81. The highest BCUT2D eigenvalue weighted by molar-refractivity contribution is 6.38. The molecule has 0 spiro atoms. The van der Waals surface area contributed by atoms with Crippen LogP contribution in [-0.4, -0.2) is 29.9 Å². The number of fused-ring (bicyclic) bond motifs is 1. The number of benzene rings is 2. The zero-order valence-corrected chi connectivity index (χ0v) is 19.7. The lowest BCUT2D eigenvalue weighted by Crippen LogP contribution is -2.42. The van der Waals surface area contributed by atoms with E-state index in [0.29, 0.717) is 23.7 Å². The number of rotatable bonds is 7. The summed E-state index contributed by atoms with van der Waals surface area (Å²) in [6.45, 7) is 8.42. The summed E-state index contributed by atoms with van der Waals surface area (Å²) in [5.74, 6) is -0.167. The van der Waals surface area contributed by atoms with Crippen molar-refractivity contribution in [1.29, 1.82) is 0 Å². The van der Waals surface area contributed by atoms with Crippen molar-refractivity contribution in [2.75, 3.05) is 18.1 Å². The van der Waals surface area contributed by atoms with E-state index in [1.54, 1.807) is 6.07 Å². The third kappa shape index (κ3) is 4.74. The van der Waals surface area contributed by atoms with Gasteiger partial charge in [-0.2, -0.15) is 0 Å². The summed E-state index contributed by atoms with van der Waals surface area (Å²) in [5, 5.41) is 11.6. The minimum atomic E-state index is -2.01. The average Bonchev–Trinajstić information content (AvgIpc) is 2.89. The lowest BCUT2D eigenvalue weighted by atomic mass is 9.87. The molecule has 1 amide bonds. The Hall–Kier alpha value is -2.08. The zero-order chi connectivity index (χ0) is 23.0. The monoisotopic (exact) mass is 463 g/mol. The Labute approximate surface area is 192 Å². The van der Waals surface area contributed by atoms with Crippen LogP contribution in [0.5, 0.6) is 5.75 Å². The number of hydrogen-bond donors (Lipinski definition) is 1. The van der Waals surface area contributed by atoms with E-state index in [9.17, 15) is 14.7 Å². The van der Waals surface area contributed by atoms with Gasteiger partial charge in [-0.15, -0.1) is 0 Å². The van der Waals surface area contributed by atoms with Gasteiger partial charge in [-0.3, -0.25) is 9.59 Å². The molecule has 2 aromatic carbocycles. The van der Waals surface area contributed by atoms with Crippen LogP contribution in [0.3, 0.4) is 0 Å². The van der Waals surface area contributed by atoms with E-state index in [-0.39, 0.29) is 34.7 Å². The first-order valence-electron chi connectivity index (χ1n) is 10.2. The van der Waals surface area contributed by atoms with Gasteiger partial charge in [-0.25, -0.2) is 0 Å². The molecule has 1 heterocycles. The molecule has 0 aromatic heterocycles. The van der Waals surface area contributed by atoms with Gasteiger partial charge in [0.2, 0.25) is 0 Å². The molecule has 1 atom stereocenters. The summed E-state index contributed by atoms with van der Waals surface area (Å²) in [6.07, 6.45) is 0.150. The van der Waals surface area contributed by atoms with Crippen molar-refractivity contribution in [2.45, 2.75) is 51.6 Å². The van der Waals surface area contributed by atoms with Gasteiger partial charge < -0.3 is 14.7 Å². The van der Waals surface area contributed by atoms with Crippen LogP contribution in [0.25, 0.3) is 0 Å². The quantitative estimate of drug-likeness (QED) is 0.567. The van der Waals surface area contributed by atoms with Crippen molar-refractivity contribution in [3.8, 4) is 5.75 Å². The fraction of sp³-hybridized carbons (Fsp3) is 0.417. The van der Waals surface area contributed by atoms with Crippen LogP contribution >= 0.6 is 23.2 Å². The first-order chi connectivity index (χ1) is 14.4. The number of ketones is 1. The summed E-state index contributed by atoms with van der Waals surface area (Å²) in [6, 6.07) is 11.0. The molecule has 0 saturated heterocycles. The number of anilines is 1. The summed E-state index contributed by atoms with van der Waals surface area (Å²) in [5.41, 5.74) is -0.167. The predicted molar refractivity (Wildman–Crippen MR) is 123 cm³/mol. The molecule has 31 heavy (non-hydrogen) atoms.